The number of nitrogens with one attached hydrogen (secondary N) is 1. The Labute approximate surface area is 108 Å². The lowest BCUT2D eigenvalue weighted by Crippen LogP contribution is -2.33. The van der Waals surface area contributed by atoms with Crippen LogP contribution in [0.25, 0.3) is 0 Å². The summed E-state index contributed by atoms with van der Waals surface area (Å²) in [6, 6.07) is 4.09. The van der Waals surface area contributed by atoms with Gasteiger partial charge >= 0.3 is 5.88 Å². The Morgan fingerprint density at radius 2 is 2.26 bits per heavy atom. The number of nitrogens with zero attached hydrogens (tertiary/aromatic N) is 1. The largest absolute Gasteiger partial charge is 0.472 e. The van der Waals surface area contributed by atoms with E-state index in [1.165, 1.54) is 6.07 Å². The minimum Gasteiger partial charge on any atom is -0.472 e. The zero-order valence-electron chi connectivity index (χ0n) is 10.2. The van der Waals surface area contributed by atoms with Crippen molar-refractivity contribution in [1.29, 1.82) is 0 Å². The van der Waals surface area contributed by atoms with Gasteiger partial charge in [0.25, 0.3) is 5.91 Å². The molecule has 2 aromatic rings. The molecular weight excluding hydrogens is 252 g/mol. The van der Waals surface area contributed by atoms with E-state index < -0.39 is 16.7 Å². The number of amides is 1. The predicted molar refractivity (Wildman–Crippen MR) is 64.7 cm³/mol. The lowest BCUT2D eigenvalue weighted by Gasteiger charge is -2.11. The average Bonchev–Trinajstić information content (AvgIpc) is 2.98. The number of nitro groups is 1. The van der Waals surface area contributed by atoms with Crippen LogP contribution in [0, 0.1) is 10.1 Å². The zero-order chi connectivity index (χ0) is 13.8. The van der Waals surface area contributed by atoms with Crippen LogP contribution in [-0.2, 0) is 6.42 Å². The third kappa shape index (κ3) is 3.21. The van der Waals surface area contributed by atoms with Crippen molar-refractivity contribution in [1.82, 2.24) is 5.32 Å². The summed E-state index contributed by atoms with van der Waals surface area (Å²) in [7, 11) is 0. The highest BCUT2D eigenvalue weighted by atomic mass is 16.6. The number of hydrogen-bond acceptors (Lipinski definition) is 5. The molecule has 1 amide bonds. The summed E-state index contributed by atoms with van der Waals surface area (Å²) in [5.41, 5.74) is 0.957. The molecule has 2 aromatic heterocycles. The second-order valence-electron chi connectivity index (χ2n) is 4.11. The van der Waals surface area contributed by atoms with E-state index in [0.717, 1.165) is 11.6 Å². The molecule has 7 nitrogen and oxygen atoms in total. The Morgan fingerprint density at radius 3 is 2.84 bits per heavy atom. The Morgan fingerprint density at radius 1 is 1.47 bits per heavy atom. The molecule has 0 fully saturated rings. The first-order chi connectivity index (χ1) is 9.06. The van der Waals surface area contributed by atoms with Crippen LogP contribution >= 0.6 is 0 Å². The third-order valence-corrected chi connectivity index (χ3v) is 2.50. The quantitative estimate of drug-likeness (QED) is 0.658. The molecule has 0 aliphatic heterocycles. The van der Waals surface area contributed by atoms with Crippen LogP contribution in [0.15, 0.2) is 39.6 Å². The summed E-state index contributed by atoms with van der Waals surface area (Å²) < 4.78 is 9.74. The Bertz CT molecular complexity index is 573. The molecule has 2 heterocycles. The summed E-state index contributed by atoms with van der Waals surface area (Å²) >= 11 is 0. The molecule has 7 heteroatoms. The maximum atomic E-state index is 11.8. The van der Waals surface area contributed by atoms with E-state index in [-0.39, 0.29) is 11.8 Å². The topological polar surface area (TPSA) is 98.5 Å². The number of hydrogen-bond donors (Lipinski definition) is 1. The fourth-order valence-corrected chi connectivity index (χ4v) is 1.66. The second-order valence-corrected chi connectivity index (χ2v) is 4.11. The van der Waals surface area contributed by atoms with E-state index >= 15 is 0 Å². The van der Waals surface area contributed by atoms with Gasteiger partial charge in [-0.3, -0.25) is 14.9 Å². The lowest BCUT2D eigenvalue weighted by molar-refractivity contribution is -0.402. The van der Waals surface area contributed by atoms with Crippen molar-refractivity contribution in [3.63, 3.8) is 0 Å². The molecule has 1 unspecified atom stereocenters. The normalized spacial score (nSPS) is 12.1. The highest BCUT2D eigenvalue weighted by molar-refractivity contribution is 5.91. The van der Waals surface area contributed by atoms with Gasteiger partial charge in [0.05, 0.1) is 18.6 Å². The molecule has 0 aliphatic rings. The van der Waals surface area contributed by atoms with Crippen LogP contribution in [0.5, 0.6) is 0 Å². The molecule has 1 atom stereocenters. The fraction of sp³-hybridized carbons (Fsp3) is 0.250. The van der Waals surface area contributed by atoms with E-state index in [1.807, 2.05) is 6.92 Å². The minimum absolute atomic E-state index is 0.0780. The maximum Gasteiger partial charge on any atom is 0.433 e. The predicted octanol–water partition coefficient (Wildman–Crippen LogP) is 2.14. The summed E-state index contributed by atoms with van der Waals surface area (Å²) in [5.74, 6) is -1.01. The van der Waals surface area contributed by atoms with E-state index in [1.54, 1.807) is 18.6 Å². The number of carbonyl (C=O) groups excluding carboxylic acids is 1. The van der Waals surface area contributed by atoms with E-state index in [0.29, 0.717) is 6.42 Å². The van der Waals surface area contributed by atoms with Gasteiger partial charge in [-0.1, -0.05) is 0 Å². The van der Waals surface area contributed by atoms with Crippen molar-refractivity contribution in [2.75, 3.05) is 0 Å². The van der Waals surface area contributed by atoms with Crippen LogP contribution in [0.3, 0.4) is 0 Å². The summed E-state index contributed by atoms with van der Waals surface area (Å²) in [5, 5.41) is 13.1. The molecule has 2 rings (SSSR count). The van der Waals surface area contributed by atoms with Gasteiger partial charge in [0, 0.05) is 6.04 Å². The molecule has 0 aromatic carbocycles. The molecule has 0 saturated carbocycles. The molecule has 0 bridgehead atoms. The third-order valence-electron chi connectivity index (χ3n) is 2.50. The van der Waals surface area contributed by atoms with Crippen molar-refractivity contribution in [3.05, 3.63) is 52.2 Å². The molecule has 1 N–H and O–H groups in total. The Balaban J connectivity index is 1.94. The number of furan rings is 2. The zero-order valence-corrected chi connectivity index (χ0v) is 10.2. The van der Waals surface area contributed by atoms with Gasteiger partial charge < -0.3 is 14.2 Å². The van der Waals surface area contributed by atoms with Crippen LogP contribution in [0.1, 0.15) is 23.0 Å². The van der Waals surface area contributed by atoms with Gasteiger partial charge in [0.2, 0.25) is 0 Å². The van der Waals surface area contributed by atoms with E-state index in [9.17, 15) is 14.9 Å². The van der Waals surface area contributed by atoms with Crippen LogP contribution in [0.4, 0.5) is 5.88 Å². The molecular formula is C12H12N2O5. The first-order valence-electron chi connectivity index (χ1n) is 5.62. The molecule has 0 radical (unpaired) electrons. The first-order valence-corrected chi connectivity index (χ1v) is 5.62. The molecule has 0 spiro atoms. The van der Waals surface area contributed by atoms with Crippen LogP contribution in [0.2, 0.25) is 0 Å². The highest BCUT2D eigenvalue weighted by Gasteiger charge is 2.18. The smallest absolute Gasteiger partial charge is 0.433 e. The molecule has 100 valence electrons. The van der Waals surface area contributed by atoms with Gasteiger partial charge in [-0.2, -0.15) is 0 Å². The average molecular weight is 264 g/mol. The maximum absolute atomic E-state index is 11.8. The van der Waals surface area contributed by atoms with Crippen molar-refractivity contribution in [2.45, 2.75) is 19.4 Å². The van der Waals surface area contributed by atoms with Gasteiger partial charge in [-0.05, 0) is 31.0 Å². The lowest BCUT2D eigenvalue weighted by atomic mass is 10.1. The molecule has 19 heavy (non-hydrogen) atoms. The van der Waals surface area contributed by atoms with Crippen molar-refractivity contribution in [2.24, 2.45) is 0 Å². The highest BCUT2D eigenvalue weighted by Crippen LogP contribution is 2.15. The van der Waals surface area contributed by atoms with Crippen LogP contribution in [-0.4, -0.2) is 16.9 Å². The summed E-state index contributed by atoms with van der Waals surface area (Å²) in [6.45, 7) is 1.82. The van der Waals surface area contributed by atoms with Gasteiger partial charge in [0.15, 0.2) is 5.76 Å². The number of rotatable bonds is 5. The van der Waals surface area contributed by atoms with Crippen molar-refractivity contribution < 1.29 is 18.6 Å². The van der Waals surface area contributed by atoms with E-state index in [2.05, 4.69) is 5.32 Å². The fourth-order valence-electron chi connectivity index (χ4n) is 1.66. The van der Waals surface area contributed by atoms with Gasteiger partial charge in [-0.15, -0.1) is 0 Å². The Hall–Kier alpha value is -2.57. The van der Waals surface area contributed by atoms with Crippen molar-refractivity contribution >= 4 is 11.8 Å². The summed E-state index contributed by atoms with van der Waals surface area (Å²) in [6.07, 6.45) is 3.76. The second kappa shape index (κ2) is 5.38. The first kappa shape index (κ1) is 12.9. The standard InChI is InChI=1S/C12H12N2O5/c1-8(6-9-4-5-18-7-9)13-12(15)10-2-3-11(19-10)14(16)17/h2-5,7-8H,6H2,1H3,(H,13,15). The molecule has 0 aliphatic carbocycles. The van der Waals surface area contributed by atoms with E-state index in [4.69, 9.17) is 8.83 Å². The number of carbonyl (C=O) groups is 1. The molecule has 0 saturated heterocycles. The Kier molecular flexibility index (Phi) is 3.65. The minimum atomic E-state index is -0.689. The van der Waals surface area contributed by atoms with Gasteiger partial charge in [-0.25, -0.2) is 0 Å². The van der Waals surface area contributed by atoms with Crippen LogP contribution < -0.4 is 5.32 Å². The monoisotopic (exact) mass is 264 g/mol. The van der Waals surface area contributed by atoms with Gasteiger partial charge in [0.1, 0.15) is 4.92 Å². The summed E-state index contributed by atoms with van der Waals surface area (Å²) in [4.78, 5) is 21.5. The van der Waals surface area contributed by atoms with Crippen molar-refractivity contribution in [3.8, 4) is 0 Å². The SMILES string of the molecule is CC(Cc1ccoc1)NC(=O)c1ccc([N+](=O)[O-])o1.